The fourth-order valence-electron chi connectivity index (χ4n) is 1.59. The van der Waals surface area contributed by atoms with Gasteiger partial charge in [-0.1, -0.05) is 0 Å². The minimum Gasteiger partial charge on any atom is -0.325 e. The Morgan fingerprint density at radius 2 is 2.67 bits per heavy atom. The molecule has 3 nitrogen and oxygen atoms in total. The van der Waals surface area contributed by atoms with E-state index in [-0.39, 0.29) is 0 Å². The van der Waals surface area contributed by atoms with Crippen LogP contribution in [0.15, 0.2) is 17.1 Å². The highest BCUT2D eigenvalue weighted by Gasteiger charge is 2.15. The topological polar surface area (TPSA) is 29.9 Å². The molecule has 0 radical (unpaired) electrons. The summed E-state index contributed by atoms with van der Waals surface area (Å²) in [6, 6.07) is 0. The largest absolute Gasteiger partial charge is 0.325 e. The second-order valence-electron chi connectivity index (χ2n) is 3.23. The van der Waals surface area contributed by atoms with E-state index in [9.17, 15) is 0 Å². The predicted molar refractivity (Wildman–Crippen MR) is 50.9 cm³/mol. The van der Waals surface area contributed by atoms with Crippen molar-refractivity contribution in [2.45, 2.75) is 13.0 Å². The number of aromatic nitrogens is 2. The monoisotopic (exact) mass is 229 g/mol. The maximum Gasteiger partial charge on any atom is 0.104 e. The minimum atomic E-state index is 0.774. The van der Waals surface area contributed by atoms with Crippen LogP contribution in [0.4, 0.5) is 0 Å². The van der Waals surface area contributed by atoms with Gasteiger partial charge in [0.2, 0.25) is 0 Å². The van der Waals surface area contributed by atoms with Crippen molar-refractivity contribution in [2.24, 2.45) is 5.92 Å². The summed E-state index contributed by atoms with van der Waals surface area (Å²) in [5, 5.41) is 3.36. The Kier molecular flexibility index (Phi) is 2.46. The Labute approximate surface area is 80.3 Å². The van der Waals surface area contributed by atoms with E-state index < -0.39 is 0 Å². The van der Waals surface area contributed by atoms with Gasteiger partial charge in [-0.2, -0.15) is 0 Å². The number of halogens is 1. The lowest BCUT2D eigenvalue weighted by Crippen LogP contribution is -2.14. The van der Waals surface area contributed by atoms with Crippen LogP contribution < -0.4 is 5.32 Å². The Bertz CT molecular complexity index is 253. The second kappa shape index (κ2) is 3.58. The smallest absolute Gasteiger partial charge is 0.104 e. The standard InChI is InChI=1S/C8H12BrN3/c9-8-4-11-6-12(8)5-7-1-2-10-3-7/h4,6-7,10H,1-3,5H2. The normalized spacial score (nSPS) is 23.2. The molecular formula is C8H12BrN3. The third-order valence-electron chi connectivity index (χ3n) is 2.28. The van der Waals surface area contributed by atoms with Crippen molar-refractivity contribution in [1.82, 2.24) is 14.9 Å². The van der Waals surface area contributed by atoms with Gasteiger partial charge < -0.3 is 9.88 Å². The van der Waals surface area contributed by atoms with Gasteiger partial charge in [0.05, 0.1) is 12.5 Å². The fourth-order valence-corrected chi connectivity index (χ4v) is 1.94. The summed E-state index contributed by atoms with van der Waals surface area (Å²) in [7, 11) is 0. The molecular weight excluding hydrogens is 218 g/mol. The van der Waals surface area contributed by atoms with Crippen molar-refractivity contribution in [2.75, 3.05) is 13.1 Å². The molecule has 1 aliphatic heterocycles. The highest BCUT2D eigenvalue weighted by atomic mass is 79.9. The lowest BCUT2D eigenvalue weighted by atomic mass is 10.1. The Hall–Kier alpha value is -0.350. The van der Waals surface area contributed by atoms with Crippen LogP contribution in [0, 0.1) is 5.92 Å². The lowest BCUT2D eigenvalue weighted by molar-refractivity contribution is 0.476. The van der Waals surface area contributed by atoms with Crippen LogP contribution in [0.5, 0.6) is 0 Å². The van der Waals surface area contributed by atoms with Crippen LogP contribution in [-0.4, -0.2) is 22.6 Å². The molecule has 4 heteroatoms. The van der Waals surface area contributed by atoms with Crippen LogP contribution in [0.1, 0.15) is 6.42 Å². The van der Waals surface area contributed by atoms with Gasteiger partial charge in [0.1, 0.15) is 4.60 Å². The molecule has 0 saturated carbocycles. The third kappa shape index (κ3) is 1.69. The fraction of sp³-hybridized carbons (Fsp3) is 0.625. The molecule has 1 N–H and O–H groups in total. The van der Waals surface area contributed by atoms with Crippen molar-refractivity contribution in [3.63, 3.8) is 0 Å². The number of imidazole rings is 1. The van der Waals surface area contributed by atoms with Crippen LogP contribution in [-0.2, 0) is 6.54 Å². The molecule has 0 amide bonds. The molecule has 1 aliphatic rings. The summed E-state index contributed by atoms with van der Waals surface area (Å²) in [5.41, 5.74) is 0. The SMILES string of the molecule is Brc1cncn1CC1CCNC1. The van der Waals surface area contributed by atoms with Gasteiger partial charge in [-0.3, -0.25) is 0 Å². The highest BCUT2D eigenvalue weighted by Crippen LogP contribution is 2.14. The van der Waals surface area contributed by atoms with E-state index >= 15 is 0 Å². The Morgan fingerprint density at radius 1 is 1.75 bits per heavy atom. The average Bonchev–Trinajstić information content (AvgIpc) is 2.65. The van der Waals surface area contributed by atoms with Crippen LogP contribution >= 0.6 is 15.9 Å². The summed E-state index contributed by atoms with van der Waals surface area (Å²) >= 11 is 3.45. The molecule has 1 unspecified atom stereocenters. The van der Waals surface area contributed by atoms with E-state index in [2.05, 4.69) is 30.8 Å². The van der Waals surface area contributed by atoms with E-state index in [4.69, 9.17) is 0 Å². The van der Waals surface area contributed by atoms with Gasteiger partial charge in [0, 0.05) is 6.54 Å². The number of rotatable bonds is 2. The molecule has 2 heterocycles. The predicted octanol–water partition coefficient (Wildman–Crippen LogP) is 1.26. The van der Waals surface area contributed by atoms with Gasteiger partial charge in [0.25, 0.3) is 0 Å². The molecule has 0 spiro atoms. The van der Waals surface area contributed by atoms with E-state index in [0.717, 1.165) is 30.2 Å². The molecule has 12 heavy (non-hydrogen) atoms. The first kappa shape index (κ1) is 8.26. The zero-order valence-corrected chi connectivity index (χ0v) is 8.42. The van der Waals surface area contributed by atoms with E-state index in [1.807, 2.05) is 12.5 Å². The van der Waals surface area contributed by atoms with E-state index in [1.165, 1.54) is 6.42 Å². The summed E-state index contributed by atoms with van der Waals surface area (Å²) in [6.07, 6.45) is 5.00. The zero-order valence-electron chi connectivity index (χ0n) is 6.83. The molecule has 2 rings (SSSR count). The van der Waals surface area contributed by atoms with E-state index in [1.54, 1.807) is 0 Å². The lowest BCUT2D eigenvalue weighted by Gasteiger charge is -2.09. The molecule has 1 saturated heterocycles. The van der Waals surface area contributed by atoms with Crippen LogP contribution in [0.25, 0.3) is 0 Å². The van der Waals surface area contributed by atoms with Crippen molar-refractivity contribution in [3.05, 3.63) is 17.1 Å². The zero-order chi connectivity index (χ0) is 8.39. The summed E-state index contributed by atoms with van der Waals surface area (Å²) < 4.78 is 3.23. The van der Waals surface area contributed by atoms with Crippen molar-refractivity contribution < 1.29 is 0 Å². The summed E-state index contributed by atoms with van der Waals surface area (Å²) in [4.78, 5) is 4.06. The molecule has 1 aromatic rings. The quantitative estimate of drug-likeness (QED) is 0.828. The molecule has 1 fully saturated rings. The van der Waals surface area contributed by atoms with Crippen molar-refractivity contribution in [3.8, 4) is 0 Å². The molecule has 0 bridgehead atoms. The van der Waals surface area contributed by atoms with Gasteiger partial charge in [-0.25, -0.2) is 4.98 Å². The van der Waals surface area contributed by atoms with Gasteiger partial charge >= 0.3 is 0 Å². The number of hydrogen-bond donors (Lipinski definition) is 1. The maximum absolute atomic E-state index is 4.06. The number of nitrogens with one attached hydrogen (secondary N) is 1. The first-order valence-corrected chi connectivity index (χ1v) is 5.02. The van der Waals surface area contributed by atoms with Gasteiger partial charge in [0.15, 0.2) is 0 Å². The number of hydrogen-bond acceptors (Lipinski definition) is 2. The molecule has 1 aromatic heterocycles. The minimum absolute atomic E-state index is 0.774. The van der Waals surface area contributed by atoms with Gasteiger partial charge in [-0.15, -0.1) is 0 Å². The maximum atomic E-state index is 4.06. The van der Waals surface area contributed by atoms with Crippen molar-refractivity contribution in [1.29, 1.82) is 0 Å². The third-order valence-corrected chi connectivity index (χ3v) is 2.94. The van der Waals surface area contributed by atoms with Gasteiger partial charge in [-0.05, 0) is 41.4 Å². The average molecular weight is 230 g/mol. The molecule has 1 atom stereocenters. The Morgan fingerprint density at radius 3 is 3.25 bits per heavy atom. The molecule has 66 valence electrons. The summed E-state index contributed by atoms with van der Waals surface area (Å²) in [6.45, 7) is 3.38. The first-order chi connectivity index (χ1) is 5.86. The molecule has 0 aliphatic carbocycles. The Balaban J connectivity index is 1.98. The second-order valence-corrected chi connectivity index (χ2v) is 4.04. The van der Waals surface area contributed by atoms with Crippen LogP contribution in [0.3, 0.4) is 0 Å². The highest BCUT2D eigenvalue weighted by molar-refractivity contribution is 9.10. The molecule has 0 aromatic carbocycles. The number of nitrogens with zero attached hydrogens (tertiary/aromatic N) is 2. The van der Waals surface area contributed by atoms with Crippen molar-refractivity contribution >= 4 is 15.9 Å². The first-order valence-electron chi connectivity index (χ1n) is 4.22. The van der Waals surface area contributed by atoms with Crippen LogP contribution in [0.2, 0.25) is 0 Å². The van der Waals surface area contributed by atoms with E-state index in [0.29, 0.717) is 0 Å². The summed E-state index contributed by atoms with van der Waals surface area (Å²) in [5.74, 6) is 0.774.